The third kappa shape index (κ3) is 3.44. The van der Waals surface area contributed by atoms with Crippen LogP contribution in [0.5, 0.6) is 11.5 Å². The van der Waals surface area contributed by atoms with Crippen molar-refractivity contribution in [1.82, 2.24) is 15.1 Å². The molecule has 2 aromatic carbocycles. The molecule has 4 rings (SSSR count). The van der Waals surface area contributed by atoms with E-state index in [4.69, 9.17) is 14.6 Å². The molecule has 26 heavy (non-hydrogen) atoms. The van der Waals surface area contributed by atoms with Gasteiger partial charge < -0.3 is 14.8 Å². The molecule has 5 heteroatoms. The van der Waals surface area contributed by atoms with Crippen LogP contribution in [0.2, 0.25) is 0 Å². The minimum atomic E-state index is 0.311. The van der Waals surface area contributed by atoms with Crippen LogP contribution in [0.4, 0.5) is 0 Å². The molecule has 0 atom stereocenters. The quantitative estimate of drug-likeness (QED) is 0.739. The van der Waals surface area contributed by atoms with E-state index in [0.29, 0.717) is 6.79 Å². The third-order valence-electron chi connectivity index (χ3n) is 4.77. The molecule has 0 saturated carbocycles. The molecule has 1 N–H and O–H groups in total. The molecule has 0 aliphatic carbocycles. The number of fused-ring (bicyclic) bond motifs is 1. The van der Waals surface area contributed by atoms with Gasteiger partial charge in [-0.25, -0.2) is 0 Å². The van der Waals surface area contributed by atoms with Gasteiger partial charge in [0, 0.05) is 24.3 Å². The minimum Gasteiger partial charge on any atom is -0.454 e. The molecule has 1 aromatic heterocycles. The molecule has 0 radical (unpaired) electrons. The van der Waals surface area contributed by atoms with Crippen LogP contribution in [0.1, 0.15) is 28.1 Å². The number of nitrogens with one attached hydrogen (secondary N) is 1. The molecule has 134 valence electrons. The summed E-state index contributed by atoms with van der Waals surface area (Å²) < 4.78 is 12.9. The number of hydrogen-bond donors (Lipinski definition) is 1. The summed E-state index contributed by atoms with van der Waals surface area (Å²) in [7, 11) is 0. The Kier molecular flexibility index (Phi) is 4.63. The van der Waals surface area contributed by atoms with Crippen LogP contribution in [0.3, 0.4) is 0 Å². The van der Waals surface area contributed by atoms with Gasteiger partial charge in [0.25, 0.3) is 0 Å². The zero-order valence-corrected chi connectivity index (χ0v) is 15.2. The number of hydrogen-bond acceptors (Lipinski definition) is 4. The second kappa shape index (κ2) is 7.22. The Labute approximate surface area is 153 Å². The van der Waals surface area contributed by atoms with Gasteiger partial charge in [0.1, 0.15) is 0 Å². The van der Waals surface area contributed by atoms with Crippen molar-refractivity contribution in [3.05, 3.63) is 76.6 Å². The van der Waals surface area contributed by atoms with Crippen molar-refractivity contribution < 1.29 is 9.47 Å². The summed E-state index contributed by atoms with van der Waals surface area (Å²) in [6, 6.07) is 16.5. The highest BCUT2D eigenvalue weighted by Gasteiger charge is 2.14. The summed E-state index contributed by atoms with van der Waals surface area (Å²) in [6.07, 6.45) is 0. The number of nitrogens with zero attached hydrogens (tertiary/aromatic N) is 2. The van der Waals surface area contributed by atoms with E-state index in [1.165, 1.54) is 22.4 Å². The van der Waals surface area contributed by atoms with Crippen LogP contribution in [-0.2, 0) is 19.6 Å². The molecule has 1 aliphatic heterocycles. The normalized spacial score (nSPS) is 12.5. The molecule has 1 aliphatic rings. The highest BCUT2D eigenvalue weighted by Crippen LogP contribution is 2.32. The second-order valence-electron chi connectivity index (χ2n) is 6.58. The van der Waals surface area contributed by atoms with Crippen molar-refractivity contribution in [3.63, 3.8) is 0 Å². The predicted molar refractivity (Wildman–Crippen MR) is 100 cm³/mol. The first-order valence-electron chi connectivity index (χ1n) is 8.87. The highest BCUT2D eigenvalue weighted by atomic mass is 16.7. The number of ether oxygens (including phenoxy) is 2. The molecule has 0 unspecified atom stereocenters. The van der Waals surface area contributed by atoms with Gasteiger partial charge in [-0.05, 0) is 37.1 Å². The van der Waals surface area contributed by atoms with Crippen molar-refractivity contribution in [3.8, 4) is 11.5 Å². The first-order valence-corrected chi connectivity index (χ1v) is 8.87. The molecule has 0 spiro atoms. The van der Waals surface area contributed by atoms with Crippen molar-refractivity contribution in [1.29, 1.82) is 0 Å². The van der Waals surface area contributed by atoms with Gasteiger partial charge in [-0.1, -0.05) is 36.4 Å². The molecule has 0 amide bonds. The average molecular weight is 349 g/mol. The van der Waals surface area contributed by atoms with Crippen LogP contribution in [0.15, 0.2) is 48.5 Å². The van der Waals surface area contributed by atoms with Crippen molar-refractivity contribution >= 4 is 0 Å². The largest absolute Gasteiger partial charge is 0.454 e. The second-order valence-corrected chi connectivity index (χ2v) is 6.58. The summed E-state index contributed by atoms with van der Waals surface area (Å²) in [4.78, 5) is 0. The van der Waals surface area contributed by atoms with E-state index in [2.05, 4.69) is 54.2 Å². The molecule has 3 aromatic rings. The maximum Gasteiger partial charge on any atom is 0.231 e. The van der Waals surface area contributed by atoms with E-state index in [0.717, 1.165) is 36.8 Å². The Morgan fingerprint density at radius 2 is 1.77 bits per heavy atom. The molecule has 0 saturated heterocycles. The van der Waals surface area contributed by atoms with Gasteiger partial charge in [0.15, 0.2) is 11.5 Å². The van der Waals surface area contributed by atoms with E-state index in [-0.39, 0.29) is 0 Å². The summed E-state index contributed by atoms with van der Waals surface area (Å²) in [5.41, 5.74) is 6.00. The predicted octanol–water partition coefficient (Wildman–Crippen LogP) is 3.57. The van der Waals surface area contributed by atoms with E-state index in [1.54, 1.807) is 0 Å². The minimum absolute atomic E-state index is 0.311. The Morgan fingerprint density at radius 3 is 2.62 bits per heavy atom. The first-order chi connectivity index (χ1) is 12.7. The Balaban J connectivity index is 1.40. The monoisotopic (exact) mass is 349 g/mol. The molecule has 5 nitrogen and oxygen atoms in total. The van der Waals surface area contributed by atoms with E-state index in [9.17, 15) is 0 Å². The maximum atomic E-state index is 5.44. The average Bonchev–Trinajstić information content (AvgIpc) is 3.22. The smallest absolute Gasteiger partial charge is 0.231 e. The zero-order valence-electron chi connectivity index (χ0n) is 15.2. The molecular formula is C21H23N3O2. The van der Waals surface area contributed by atoms with Crippen LogP contribution in [0, 0.1) is 13.8 Å². The number of benzene rings is 2. The lowest BCUT2D eigenvalue weighted by atomic mass is 10.1. The van der Waals surface area contributed by atoms with E-state index in [1.807, 2.05) is 18.2 Å². The third-order valence-corrected chi connectivity index (χ3v) is 4.77. The van der Waals surface area contributed by atoms with Gasteiger partial charge in [-0.2, -0.15) is 5.10 Å². The Morgan fingerprint density at radius 1 is 0.962 bits per heavy atom. The summed E-state index contributed by atoms with van der Waals surface area (Å²) in [6.45, 7) is 6.90. The van der Waals surface area contributed by atoms with Gasteiger partial charge in [0.2, 0.25) is 6.79 Å². The first kappa shape index (κ1) is 16.7. The summed E-state index contributed by atoms with van der Waals surface area (Å²) in [5, 5.41) is 8.24. The van der Waals surface area contributed by atoms with Gasteiger partial charge in [-0.15, -0.1) is 0 Å². The summed E-state index contributed by atoms with van der Waals surface area (Å²) in [5.74, 6) is 1.65. The fourth-order valence-corrected chi connectivity index (χ4v) is 3.28. The van der Waals surface area contributed by atoms with Crippen LogP contribution >= 0.6 is 0 Å². The Bertz CT molecular complexity index is 903. The van der Waals surface area contributed by atoms with Crippen LogP contribution in [-0.4, -0.2) is 16.6 Å². The molecular weight excluding hydrogens is 326 g/mol. The van der Waals surface area contributed by atoms with Gasteiger partial charge >= 0.3 is 0 Å². The van der Waals surface area contributed by atoms with E-state index >= 15 is 0 Å². The highest BCUT2D eigenvalue weighted by molar-refractivity contribution is 5.44. The van der Waals surface area contributed by atoms with Crippen molar-refractivity contribution in [2.45, 2.75) is 33.5 Å². The topological polar surface area (TPSA) is 48.3 Å². The SMILES string of the molecule is Cc1nn(Cc2ccccc2)c(C)c1CNCc1ccc2c(c1)OCO2. The van der Waals surface area contributed by atoms with Crippen molar-refractivity contribution in [2.24, 2.45) is 0 Å². The van der Waals surface area contributed by atoms with Gasteiger partial charge in [0.05, 0.1) is 12.2 Å². The maximum absolute atomic E-state index is 5.44. The van der Waals surface area contributed by atoms with E-state index < -0.39 is 0 Å². The van der Waals surface area contributed by atoms with Gasteiger partial charge in [-0.3, -0.25) is 4.68 Å². The fourth-order valence-electron chi connectivity index (χ4n) is 3.28. The Hall–Kier alpha value is -2.79. The lowest BCUT2D eigenvalue weighted by Gasteiger charge is -2.08. The molecule has 0 fully saturated rings. The number of aryl methyl sites for hydroxylation is 1. The van der Waals surface area contributed by atoms with Crippen LogP contribution in [0.25, 0.3) is 0 Å². The number of rotatable bonds is 6. The lowest BCUT2D eigenvalue weighted by molar-refractivity contribution is 0.174. The lowest BCUT2D eigenvalue weighted by Crippen LogP contribution is -2.14. The van der Waals surface area contributed by atoms with Crippen LogP contribution < -0.4 is 14.8 Å². The molecule has 0 bridgehead atoms. The zero-order chi connectivity index (χ0) is 17.9. The summed E-state index contributed by atoms with van der Waals surface area (Å²) >= 11 is 0. The number of aromatic nitrogens is 2. The fraction of sp³-hybridized carbons (Fsp3) is 0.286. The standard InChI is InChI=1S/C21H23N3O2/c1-15-19(16(2)24(23-15)13-17-6-4-3-5-7-17)12-22-11-18-8-9-20-21(10-18)26-14-25-20/h3-10,22H,11-14H2,1-2H3. The van der Waals surface area contributed by atoms with Crippen molar-refractivity contribution in [2.75, 3.05) is 6.79 Å². The molecule has 2 heterocycles.